The van der Waals surface area contributed by atoms with Crippen molar-refractivity contribution in [1.29, 1.82) is 0 Å². The van der Waals surface area contributed by atoms with E-state index in [0.717, 1.165) is 30.6 Å². The van der Waals surface area contributed by atoms with Gasteiger partial charge in [-0.1, -0.05) is 0 Å². The molecule has 3 fully saturated rings. The highest BCUT2D eigenvalue weighted by atomic mass is 16.5. The molecule has 4 heteroatoms. The predicted molar refractivity (Wildman–Crippen MR) is 81.3 cm³/mol. The van der Waals surface area contributed by atoms with Gasteiger partial charge in [0.05, 0.1) is 11.8 Å². The van der Waals surface area contributed by atoms with E-state index in [1.165, 1.54) is 44.5 Å². The quantitative estimate of drug-likeness (QED) is 0.853. The fourth-order valence-corrected chi connectivity index (χ4v) is 2.99. The summed E-state index contributed by atoms with van der Waals surface area (Å²) in [5, 5.41) is 0. The second-order valence-electron chi connectivity index (χ2n) is 6.29. The first-order valence-corrected chi connectivity index (χ1v) is 7.85. The van der Waals surface area contributed by atoms with Gasteiger partial charge < -0.3 is 15.4 Å². The maximum absolute atomic E-state index is 6.13. The number of hydrogen-bond acceptors (Lipinski definition) is 4. The average molecular weight is 273 g/mol. The minimum Gasteiger partial charge on any atom is -0.488 e. The van der Waals surface area contributed by atoms with E-state index in [0.29, 0.717) is 6.10 Å². The Balaban J connectivity index is 1.41. The van der Waals surface area contributed by atoms with Crippen LogP contribution in [-0.4, -0.2) is 43.2 Å². The van der Waals surface area contributed by atoms with Crippen molar-refractivity contribution in [2.24, 2.45) is 0 Å². The fourth-order valence-electron chi connectivity index (χ4n) is 2.99. The third-order valence-electron chi connectivity index (χ3n) is 4.55. The first kappa shape index (κ1) is 12.3. The van der Waals surface area contributed by atoms with Crippen LogP contribution in [0.1, 0.15) is 25.7 Å². The molecule has 20 heavy (non-hydrogen) atoms. The second-order valence-corrected chi connectivity index (χ2v) is 6.29. The zero-order valence-corrected chi connectivity index (χ0v) is 11.9. The molecule has 0 unspecified atom stereocenters. The fraction of sp³-hybridized carbons (Fsp3) is 0.625. The highest BCUT2D eigenvalue weighted by Crippen LogP contribution is 2.34. The predicted octanol–water partition coefficient (Wildman–Crippen LogP) is 2.09. The van der Waals surface area contributed by atoms with Crippen LogP contribution in [-0.2, 0) is 0 Å². The highest BCUT2D eigenvalue weighted by molar-refractivity contribution is 5.63. The summed E-state index contributed by atoms with van der Waals surface area (Å²) in [7, 11) is 0. The molecule has 1 aromatic carbocycles. The monoisotopic (exact) mass is 273 g/mol. The van der Waals surface area contributed by atoms with Crippen LogP contribution in [0.4, 0.5) is 11.4 Å². The molecule has 1 aliphatic heterocycles. The number of ether oxygens (including phenoxy) is 1. The van der Waals surface area contributed by atoms with Crippen molar-refractivity contribution in [1.82, 2.24) is 4.90 Å². The van der Waals surface area contributed by atoms with E-state index in [4.69, 9.17) is 10.5 Å². The lowest BCUT2D eigenvalue weighted by atomic mass is 10.2. The van der Waals surface area contributed by atoms with E-state index >= 15 is 0 Å². The lowest BCUT2D eigenvalue weighted by Crippen LogP contribution is -2.47. The first-order chi connectivity index (χ1) is 9.79. The topological polar surface area (TPSA) is 41.7 Å². The lowest BCUT2D eigenvalue weighted by Gasteiger charge is -2.36. The summed E-state index contributed by atoms with van der Waals surface area (Å²) >= 11 is 0. The molecule has 0 bridgehead atoms. The third kappa shape index (κ3) is 2.57. The number of nitrogens with two attached hydrogens (primary N) is 1. The van der Waals surface area contributed by atoms with Gasteiger partial charge in [-0.2, -0.15) is 0 Å². The number of anilines is 2. The summed E-state index contributed by atoms with van der Waals surface area (Å²) in [5.74, 6) is 0.855. The van der Waals surface area contributed by atoms with E-state index in [1.807, 2.05) is 6.07 Å². The molecule has 0 atom stereocenters. The van der Waals surface area contributed by atoms with Crippen molar-refractivity contribution >= 4 is 11.4 Å². The first-order valence-electron chi connectivity index (χ1n) is 7.85. The van der Waals surface area contributed by atoms with Crippen molar-refractivity contribution in [2.45, 2.75) is 37.8 Å². The van der Waals surface area contributed by atoms with Gasteiger partial charge >= 0.3 is 0 Å². The van der Waals surface area contributed by atoms with E-state index in [1.54, 1.807) is 0 Å². The Morgan fingerprint density at radius 1 is 1.00 bits per heavy atom. The van der Waals surface area contributed by atoms with Crippen molar-refractivity contribution < 1.29 is 4.74 Å². The molecule has 2 saturated carbocycles. The minimum absolute atomic E-state index is 0.408. The van der Waals surface area contributed by atoms with Gasteiger partial charge in [-0.15, -0.1) is 0 Å². The standard InChI is InChI=1S/C16H23N3O/c17-15-11-13(3-6-16(15)20-14-4-5-14)19-9-7-18(8-10-19)12-1-2-12/h3,6,11-12,14H,1-2,4-5,7-10,17H2. The van der Waals surface area contributed by atoms with Gasteiger partial charge in [0.2, 0.25) is 0 Å². The van der Waals surface area contributed by atoms with Gasteiger partial charge in [0.15, 0.2) is 0 Å². The number of nitrogens with zero attached hydrogens (tertiary/aromatic N) is 2. The molecule has 0 amide bonds. The van der Waals surface area contributed by atoms with Crippen molar-refractivity contribution in [2.75, 3.05) is 36.8 Å². The number of hydrogen-bond donors (Lipinski definition) is 1. The Kier molecular flexibility index (Phi) is 2.99. The van der Waals surface area contributed by atoms with Crippen LogP contribution >= 0.6 is 0 Å². The minimum atomic E-state index is 0.408. The molecule has 2 aliphatic carbocycles. The average Bonchev–Trinajstić information content (AvgIpc) is 3.36. The third-order valence-corrected chi connectivity index (χ3v) is 4.55. The molecule has 0 aromatic heterocycles. The molecule has 1 saturated heterocycles. The highest BCUT2D eigenvalue weighted by Gasteiger charge is 2.31. The van der Waals surface area contributed by atoms with E-state index in [-0.39, 0.29) is 0 Å². The maximum atomic E-state index is 6.13. The molecular weight excluding hydrogens is 250 g/mol. The summed E-state index contributed by atoms with van der Waals surface area (Å²) in [6, 6.07) is 7.15. The van der Waals surface area contributed by atoms with Crippen LogP contribution in [0.25, 0.3) is 0 Å². The van der Waals surface area contributed by atoms with Crippen molar-refractivity contribution in [3.05, 3.63) is 18.2 Å². The van der Waals surface area contributed by atoms with Crippen LogP contribution in [0.5, 0.6) is 5.75 Å². The van der Waals surface area contributed by atoms with Crippen molar-refractivity contribution in [3.8, 4) is 5.75 Å². The molecule has 1 heterocycles. The van der Waals surface area contributed by atoms with Gasteiger partial charge in [-0.05, 0) is 43.9 Å². The van der Waals surface area contributed by atoms with Crippen molar-refractivity contribution in [3.63, 3.8) is 0 Å². The summed E-state index contributed by atoms with van der Waals surface area (Å²) in [5.41, 5.74) is 8.14. The Labute approximate surface area is 120 Å². The number of benzene rings is 1. The van der Waals surface area contributed by atoms with E-state index in [9.17, 15) is 0 Å². The summed E-state index contributed by atoms with van der Waals surface area (Å²) in [6.45, 7) is 4.59. The zero-order valence-electron chi connectivity index (χ0n) is 11.9. The second kappa shape index (κ2) is 4.85. The molecule has 108 valence electrons. The summed E-state index contributed by atoms with van der Waals surface area (Å²) in [4.78, 5) is 5.07. The van der Waals surface area contributed by atoms with Gasteiger partial charge in [-0.25, -0.2) is 0 Å². The number of rotatable bonds is 4. The van der Waals surface area contributed by atoms with Crippen LogP contribution < -0.4 is 15.4 Å². The zero-order chi connectivity index (χ0) is 13.5. The molecule has 4 nitrogen and oxygen atoms in total. The van der Waals surface area contributed by atoms with Crippen LogP contribution in [0.15, 0.2) is 18.2 Å². The molecular formula is C16H23N3O. The van der Waals surface area contributed by atoms with Crippen LogP contribution in [0, 0.1) is 0 Å². The molecule has 2 N–H and O–H groups in total. The summed E-state index contributed by atoms with van der Waals surface area (Å²) in [6.07, 6.45) is 5.56. The van der Waals surface area contributed by atoms with Gasteiger partial charge in [0, 0.05) is 37.9 Å². The molecule has 1 aromatic rings. The van der Waals surface area contributed by atoms with Gasteiger partial charge in [0.25, 0.3) is 0 Å². The molecule has 0 spiro atoms. The van der Waals surface area contributed by atoms with Gasteiger partial charge in [-0.3, -0.25) is 4.90 Å². The smallest absolute Gasteiger partial charge is 0.142 e. The van der Waals surface area contributed by atoms with Crippen LogP contribution in [0.3, 0.4) is 0 Å². The summed E-state index contributed by atoms with van der Waals surface area (Å²) < 4.78 is 5.80. The molecule has 0 radical (unpaired) electrons. The lowest BCUT2D eigenvalue weighted by molar-refractivity contribution is 0.248. The Hall–Kier alpha value is -1.42. The van der Waals surface area contributed by atoms with Crippen LogP contribution in [0.2, 0.25) is 0 Å². The SMILES string of the molecule is Nc1cc(N2CCN(C3CC3)CC2)ccc1OC1CC1. The number of nitrogen functional groups attached to an aromatic ring is 1. The Bertz CT molecular complexity index is 488. The Morgan fingerprint density at radius 3 is 2.35 bits per heavy atom. The normalized spacial score (nSPS) is 23.9. The molecule has 3 aliphatic rings. The van der Waals surface area contributed by atoms with E-state index in [2.05, 4.69) is 21.9 Å². The number of piperazine rings is 1. The van der Waals surface area contributed by atoms with E-state index < -0.39 is 0 Å². The Morgan fingerprint density at radius 2 is 1.75 bits per heavy atom. The maximum Gasteiger partial charge on any atom is 0.142 e. The molecule has 4 rings (SSSR count). The van der Waals surface area contributed by atoms with Gasteiger partial charge in [0.1, 0.15) is 5.75 Å². The largest absolute Gasteiger partial charge is 0.488 e.